The van der Waals surface area contributed by atoms with Gasteiger partial charge in [0.15, 0.2) is 0 Å². The predicted octanol–water partition coefficient (Wildman–Crippen LogP) is 2.71. The van der Waals surface area contributed by atoms with E-state index in [2.05, 4.69) is 5.32 Å². The van der Waals surface area contributed by atoms with E-state index in [0.717, 1.165) is 24.4 Å². The van der Waals surface area contributed by atoms with Crippen LogP contribution in [0.2, 0.25) is 5.02 Å². The molecule has 0 amide bonds. The number of rotatable bonds is 1. The Balaban J connectivity index is 2.44. The van der Waals surface area contributed by atoms with E-state index in [1.807, 2.05) is 12.1 Å². The molecule has 1 aliphatic heterocycles. The monoisotopic (exact) mass is 197 g/mol. The van der Waals surface area contributed by atoms with E-state index in [1.165, 1.54) is 12.0 Å². The molecule has 3 heteroatoms. The molecule has 0 unspecified atom stereocenters. The molecular weight excluding hydrogens is 186 g/mol. The van der Waals surface area contributed by atoms with Crippen LogP contribution in [0.25, 0.3) is 0 Å². The lowest BCUT2D eigenvalue weighted by atomic mass is 10.0. The summed E-state index contributed by atoms with van der Waals surface area (Å²) in [7, 11) is 1.64. The van der Waals surface area contributed by atoms with Crippen LogP contribution in [0.3, 0.4) is 0 Å². The Morgan fingerprint density at radius 3 is 3.08 bits per heavy atom. The third-order valence-electron chi connectivity index (χ3n) is 2.32. The van der Waals surface area contributed by atoms with Crippen LogP contribution < -0.4 is 10.1 Å². The van der Waals surface area contributed by atoms with E-state index < -0.39 is 0 Å². The minimum absolute atomic E-state index is 0.677. The van der Waals surface area contributed by atoms with E-state index >= 15 is 0 Å². The van der Waals surface area contributed by atoms with Gasteiger partial charge in [0.2, 0.25) is 0 Å². The highest BCUT2D eigenvalue weighted by molar-refractivity contribution is 6.32. The lowest BCUT2D eigenvalue weighted by Gasteiger charge is -2.19. The lowest BCUT2D eigenvalue weighted by Crippen LogP contribution is -2.11. The van der Waals surface area contributed by atoms with Gasteiger partial charge >= 0.3 is 0 Å². The zero-order valence-corrected chi connectivity index (χ0v) is 8.32. The topological polar surface area (TPSA) is 21.3 Å². The highest BCUT2D eigenvalue weighted by atomic mass is 35.5. The minimum atomic E-state index is 0.677. The smallest absolute Gasteiger partial charge is 0.137 e. The molecule has 13 heavy (non-hydrogen) atoms. The number of anilines is 1. The zero-order chi connectivity index (χ0) is 9.26. The molecule has 1 N–H and O–H groups in total. The van der Waals surface area contributed by atoms with Gasteiger partial charge in [-0.1, -0.05) is 11.6 Å². The Labute approximate surface area is 82.9 Å². The summed E-state index contributed by atoms with van der Waals surface area (Å²) in [6.45, 7) is 1.04. The number of halogens is 1. The molecule has 1 aromatic rings. The molecule has 0 spiro atoms. The maximum absolute atomic E-state index is 6.00. The number of nitrogens with one attached hydrogen (secondary N) is 1. The van der Waals surface area contributed by atoms with Crippen molar-refractivity contribution in [1.29, 1.82) is 0 Å². The van der Waals surface area contributed by atoms with Gasteiger partial charge in [-0.2, -0.15) is 0 Å². The fourth-order valence-corrected chi connectivity index (χ4v) is 1.87. The summed E-state index contributed by atoms with van der Waals surface area (Å²) in [6.07, 6.45) is 2.29. The van der Waals surface area contributed by atoms with Crippen LogP contribution in [-0.4, -0.2) is 13.7 Å². The van der Waals surface area contributed by atoms with Crippen molar-refractivity contribution >= 4 is 17.3 Å². The van der Waals surface area contributed by atoms with E-state index in [0.29, 0.717) is 5.02 Å². The van der Waals surface area contributed by atoms with Crippen molar-refractivity contribution in [2.24, 2.45) is 0 Å². The third kappa shape index (κ3) is 1.59. The van der Waals surface area contributed by atoms with E-state index in [-0.39, 0.29) is 0 Å². The molecule has 1 aromatic carbocycles. The third-order valence-corrected chi connectivity index (χ3v) is 2.61. The average molecular weight is 198 g/mol. The summed E-state index contributed by atoms with van der Waals surface area (Å²) in [5, 5.41) is 3.99. The molecule has 0 radical (unpaired) electrons. The molecular formula is C10H12ClNO. The van der Waals surface area contributed by atoms with Crippen molar-refractivity contribution < 1.29 is 4.74 Å². The first-order valence-electron chi connectivity index (χ1n) is 4.41. The van der Waals surface area contributed by atoms with Crippen molar-refractivity contribution in [3.63, 3.8) is 0 Å². The lowest BCUT2D eigenvalue weighted by molar-refractivity contribution is 0.414. The average Bonchev–Trinajstić information content (AvgIpc) is 2.17. The largest absolute Gasteiger partial charge is 0.495 e. The first-order chi connectivity index (χ1) is 6.31. The van der Waals surface area contributed by atoms with Gasteiger partial charge in [0, 0.05) is 12.2 Å². The summed E-state index contributed by atoms with van der Waals surface area (Å²) < 4.78 is 5.15. The van der Waals surface area contributed by atoms with Crippen molar-refractivity contribution in [2.45, 2.75) is 12.8 Å². The van der Waals surface area contributed by atoms with Crippen molar-refractivity contribution in [2.75, 3.05) is 19.0 Å². The highest BCUT2D eigenvalue weighted by Crippen LogP contribution is 2.33. The normalized spacial score (nSPS) is 14.6. The Hall–Kier alpha value is -0.890. The number of methoxy groups -OCH3 is 1. The number of fused-ring (bicyclic) bond motifs is 1. The van der Waals surface area contributed by atoms with Gasteiger partial charge in [-0.05, 0) is 30.5 Å². The summed E-state index contributed by atoms with van der Waals surface area (Å²) in [6, 6.07) is 3.96. The first kappa shape index (κ1) is 8.70. The molecule has 0 bridgehead atoms. The Morgan fingerprint density at radius 2 is 2.31 bits per heavy atom. The number of hydrogen-bond donors (Lipinski definition) is 1. The summed E-state index contributed by atoms with van der Waals surface area (Å²) in [5.41, 5.74) is 2.45. The second-order valence-corrected chi connectivity index (χ2v) is 3.58. The first-order valence-corrected chi connectivity index (χ1v) is 4.79. The summed E-state index contributed by atoms with van der Waals surface area (Å²) in [4.78, 5) is 0. The van der Waals surface area contributed by atoms with E-state index in [9.17, 15) is 0 Å². The van der Waals surface area contributed by atoms with Gasteiger partial charge in [0.1, 0.15) is 5.75 Å². The van der Waals surface area contributed by atoms with Crippen molar-refractivity contribution in [3.8, 4) is 5.75 Å². The van der Waals surface area contributed by atoms with Crippen LogP contribution in [-0.2, 0) is 6.42 Å². The molecule has 70 valence electrons. The number of hydrogen-bond acceptors (Lipinski definition) is 2. The van der Waals surface area contributed by atoms with Gasteiger partial charge in [-0.15, -0.1) is 0 Å². The highest BCUT2D eigenvalue weighted by Gasteiger charge is 2.11. The van der Waals surface area contributed by atoms with Crippen LogP contribution in [0.1, 0.15) is 12.0 Å². The fraction of sp³-hybridized carbons (Fsp3) is 0.400. The number of aryl methyl sites for hydroxylation is 1. The molecule has 0 aliphatic carbocycles. The minimum Gasteiger partial charge on any atom is -0.495 e. The van der Waals surface area contributed by atoms with Crippen LogP contribution in [0.5, 0.6) is 5.75 Å². The van der Waals surface area contributed by atoms with Crippen LogP contribution >= 0.6 is 11.6 Å². The SMILES string of the molecule is COc1cc2c(cc1Cl)NCCC2. The summed E-state index contributed by atoms with van der Waals surface area (Å²) >= 11 is 6.00. The Morgan fingerprint density at radius 1 is 1.46 bits per heavy atom. The zero-order valence-electron chi connectivity index (χ0n) is 7.56. The molecule has 0 fully saturated rings. The second kappa shape index (κ2) is 3.46. The molecule has 2 nitrogen and oxygen atoms in total. The molecule has 2 rings (SSSR count). The van der Waals surface area contributed by atoms with Gasteiger partial charge in [0.25, 0.3) is 0 Å². The predicted molar refractivity (Wildman–Crippen MR) is 54.8 cm³/mol. The van der Waals surface area contributed by atoms with Gasteiger partial charge in [-0.25, -0.2) is 0 Å². The maximum Gasteiger partial charge on any atom is 0.137 e. The standard InChI is InChI=1S/C10H12ClNO/c1-13-10-5-7-3-2-4-12-9(7)6-8(10)11/h5-6,12H,2-4H2,1H3. The quantitative estimate of drug-likeness (QED) is 0.748. The van der Waals surface area contributed by atoms with Crippen molar-refractivity contribution in [3.05, 3.63) is 22.7 Å². The molecule has 0 aromatic heterocycles. The van der Waals surface area contributed by atoms with Crippen LogP contribution in [0.15, 0.2) is 12.1 Å². The second-order valence-electron chi connectivity index (χ2n) is 3.17. The van der Waals surface area contributed by atoms with Gasteiger partial charge in [0.05, 0.1) is 12.1 Å². The van der Waals surface area contributed by atoms with Gasteiger partial charge < -0.3 is 10.1 Å². The Kier molecular flexibility index (Phi) is 2.32. The van der Waals surface area contributed by atoms with E-state index in [4.69, 9.17) is 16.3 Å². The molecule has 1 aliphatic rings. The van der Waals surface area contributed by atoms with E-state index in [1.54, 1.807) is 7.11 Å². The summed E-state index contributed by atoms with van der Waals surface area (Å²) in [5.74, 6) is 0.768. The van der Waals surface area contributed by atoms with Crippen LogP contribution in [0, 0.1) is 0 Å². The fourth-order valence-electron chi connectivity index (χ4n) is 1.63. The molecule has 1 heterocycles. The molecule has 0 saturated carbocycles. The molecule has 0 atom stereocenters. The number of benzene rings is 1. The van der Waals surface area contributed by atoms with Crippen molar-refractivity contribution in [1.82, 2.24) is 0 Å². The van der Waals surface area contributed by atoms with Crippen LogP contribution in [0.4, 0.5) is 5.69 Å². The van der Waals surface area contributed by atoms with Gasteiger partial charge in [-0.3, -0.25) is 0 Å². The number of ether oxygens (including phenoxy) is 1. The Bertz CT molecular complexity index is 325. The molecule has 0 saturated heterocycles. The maximum atomic E-state index is 6.00.